The monoisotopic (exact) mass is 303 g/mol. The first-order chi connectivity index (χ1) is 10.0. The van der Waals surface area contributed by atoms with E-state index < -0.39 is 0 Å². The van der Waals surface area contributed by atoms with Crippen molar-refractivity contribution >= 4 is 23.2 Å². The van der Waals surface area contributed by atoms with Crippen LogP contribution in [0.25, 0.3) is 0 Å². The van der Waals surface area contributed by atoms with Crippen LogP contribution in [0.5, 0.6) is 0 Å². The van der Waals surface area contributed by atoms with Gasteiger partial charge in [0.05, 0.1) is 11.1 Å². The lowest BCUT2D eigenvalue weighted by atomic mass is 9.87. The van der Waals surface area contributed by atoms with Gasteiger partial charge in [0.1, 0.15) is 5.69 Å². The molecule has 21 heavy (non-hydrogen) atoms. The number of nitrogen functional groups attached to an aromatic ring is 1. The topological polar surface area (TPSA) is 60.0 Å². The predicted octanol–water partition coefficient (Wildman–Crippen LogP) is 3.07. The Morgan fingerprint density at radius 3 is 2.95 bits per heavy atom. The van der Waals surface area contributed by atoms with Crippen molar-refractivity contribution in [2.24, 2.45) is 7.05 Å². The number of nitrogens with one attached hydrogen (secondary N) is 1. The Morgan fingerprint density at radius 1 is 1.43 bits per heavy atom. The zero-order valence-corrected chi connectivity index (χ0v) is 12.7. The van der Waals surface area contributed by atoms with E-state index in [1.54, 1.807) is 16.8 Å². The molecular formula is C16H18ClN3O. The van der Waals surface area contributed by atoms with Gasteiger partial charge in [-0.3, -0.25) is 4.79 Å². The Balaban J connectivity index is 1.83. The van der Waals surface area contributed by atoms with Crippen molar-refractivity contribution in [3.8, 4) is 0 Å². The molecule has 0 radical (unpaired) electrons. The molecule has 4 nitrogen and oxygen atoms in total. The van der Waals surface area contributed by atoms with E-state index in [1.807, 2.05) is 25.2 Å². The molecule has 0 spiro atoms. The Morgan fingerprint density at radius 2 is 2.24 bits per heavy atom. The van der Waals surface area contributed by atoms with Crippen molar-refractivity contribution < 1.29 is 4.79 Å². The van der Waals surface area contributed by atoms with Gasteiger partial charge in [-0.15, -0.1) is 0 Å². The maximum atomic E-state index is 12.4. The number of nitrogens with two attached hydrogens (primary N) is 1. The minimum Gasteiger partial charge on any atom is -0.399 e. The van der Waals surface area contributed by atoms with Crippen molar-refractivity contribution in [1.82, 2.24) is 9.88 Å². The Bertz CT molecular complexity index is 693. The van der Waals surface area contributed by atoms with Gasteiger partial charge in [0.15, 0.2) is 0 Å². The maximum Gasteiger partial charge on any atom is 0.268 e. The van der Waals surface area contributed by atoms with E-state index in [0.29, 0.717) is 10.7 Å². The van der Waals surface area contributed by atoms with Crippen molar-refractivity contribution in [2.45, 2.75) is 25.3 Å². The van der Waals surface area contributed by atoms with Crippen LogP contribution in [-0.4, -0.2) is 10.5 Å². The number of carbonyl (C=O) groups excluding carboxylic acids is 1. The number of fused-ring (bicyclic) bond motifs is 1. The molecule has 1 aliphatic carbocycles. The van der Waals surface area contributed by atoms with Gasteiger partial charge >= 0.3 is 0 Å². The fraction of sp³-hybridized carbons (Fsp3) is 0.312. The third-order valence-corrected chi connectivity index (χ3v) is 4.20. The molecule has 2 aromatic rings. The number of aryl methyl sites for hydroxylation is 2. The van der Waals surface area contributed by atoms with E-state index in [-0.39, 0.29) is 11.9 Å². The second kappa shape index (κ2) is 5.45. The van der Waals surface area contributed by atoms with E-state index in [4.69, 9.17) is 17.3 Å². The lowest BCUT2D eigenvalue weighted by Gasteiger charge is -2.26. The molecule has 0 saturated heterocycles. The van der Waals surface area contributed by atoms with Crippen LogP contribution in [0.2, 0.25) is 5.02 Å². The Kier molecular flexibility index (Phi) is 3.64. The molecule has 1 aliphatic rings. The van der Waals surface area contributed by atoms with Gasteiger partial charge in [-0.1, -0.05) is 17.7 Å². The second-order valence-electron chi connectivity index (χ2n) is 5.53. The first-order valence-corrected chi connectivity index (χ1v) is 7.43. The van der Waals surface area contributed by atoms with Gasteiger partial charge < -0.3 is 15.6 Å². The summed E-state index contributed by atoms with van der Waals surface area (Å²) in [6.07, 6.45) is 4.74. The van der Waals surface area contributed by atoms with E-state index >= 15 is 0 Å². The van der Waals surface area contributed by atoms with E-state index in [2.05, 4.69) is 5.32 Å². The molecule has 0 saturated carbocycles. The van der Waals surface area contributed by atoms with Crippen molar-refractivity contribution in [1.29, 1.82) is 0 Å². The highest BCUT2D eigenvalue weighted by Gasteiger charge is 2.23. The predicted molar refractivity (Wildman–Crippen MR) is 84.4 cm³/mol. The average molecular weight is 304 g/mol. The van der Waals surface area contributed by atoms with Gasteiger partial charge in [-0.25, -0.2) is 0 Å². The summed E-state index contributed by atoms with van der Waals surface area (Å²) in [4.78, 5) is 12.4. The minimum atomic E-state index is -0.0981. The van der Waals surface area contributed by atoms with Gasteiger partial charge in [-0.2, -0.15) is 0 Å². The van der Waals surface area contributed by atoms with Crippen LogP contribution in [0.1, 0.15) is 40.5 Å². The lowest BCUT2D eigenvalue weighted by Crippen LogP contribution is -2.32. The SMILES string of the molecule is Cn1cc(Cl)cc1C(=O)NC1CCCc2cc(N)ccc21. The molecule has 1 aromatic heterocycles. The number of amides is 1. The van der Waals surface area contributed by atoms with Crippen LogP contribution in [0.3, 0.4) is 0 Å². The fourth-order valence-electron chi connectivity index (χ4n) is 2.97. The number of benzene rings is 1. The molecule has 1 aromatic carbocycles. The Hall–Kier alpha value is -1.94. The first-order valence-electron chi connectivity index (χ1n) is 7.05. The van der Waals surface area contributed by atoms with Gasteiger partial charge in [0, 0.05) is 18.9 Å². The number of nitrogens with zero attached hydrogens (tertiary/aromatic N) is 1. The number of hydrogen-bond donors (Lipinski definition) is 2. The van der Waals surface area contributed by atoms with E-state index in [1.165, 1.54) is 11.1 Å². The molecule has 0 fully saturated rings. The summed E-state index contributed by atoms with van der Waals surface area (Å²) in [5.41, 5.74) is 9.59. The molecule has 3 rings (SSSR count). The number of halogens is 1. The molecule has 5 heteroatoms. The summed E-state index contributed by atoms with van der Waals surface area (Å²) in [6.45, 7) is 0. The minimum absolute atomic E-state index is 0.0375. The number of hydrogen-bond acceptors (Lipinski definition) is 2. The maximum absolute atomic E-state index is 12.4. The van der Waals surface area contributed by atoms with E-state index in [0.717, 1.165) is 24.9 Å². The summed E-state index contributed by atoms with van der Waals surface area (Å²) in [6, 6.07) is 7.64. The lowest BCUT2D eigenvalue weighted by molar-refractivity contribution is 0.0924. The van der Waals surface area contributed by atoms with Gasteiger partial charge in [-0.05, 0) is 48.6 Å². The van der Waals surface area contributed by atoms with Crippen molar-refractivity contribution in [3.05, 3.63) is 52.3 Å². The summed E-state index contributed by atoms with van der Waals surface area (Å²) in [5.74, 6) is -0.0981. The molecular weight excluding hydrogens is 286 g/mol. The van der Waals surface area contributed by atoms with Crippen LogP contribution in [0, 0.1) is 0 Å². The summed E-state index contributed by atoms with van der Waals surface area (Å²) in [7, 11) is 1.82. The summed E-state index contributed by atoms with van der Waals surface area (Å²) >= 11 is 5.94. The van der Waals surface area contributed by atoms with Crippen molar-refractivity contribution in [3.63, 3.8) is 0 Å². The molecule has 1 heterocycles. The Labute approximate surface area is 128 Å². The molecule has 110 valence electrons. The van der Waals surface area contributed by atoms with Crippen LogP contribution >= 0.6 is 11.6 Å². The highest BCUT2D eigenvalue weighted by Crippen LogP contribution is 2.31. The molecule has 0 bridgehead atoms. The van der Waals surface area contributed by atoms with Gasteiger partial charge in [0.25, 0.3) is 5.91 Å². The number of rotatable bonds is 2. The van der Waals surface area contributed by atoms with Crippen LogP contribution in [0.15, 0.2) is 30.5 Å². The summed E-state index contributed by atoms with van der Waals surface area (Å²) < 4.78 is 1.74. The smallest absolute Gasteiger partial charge is 0.268 e. The first kappa shape index (κ1) is 14.0. The second-order valence-corrected chi connectivity index (χ2v) is 5.97. The average Bonchev–Trinajstić information content (AvgIpc) is 2.77. The normalized spacial score (nSPS) is 17.3. The standard InChI is InChI=1S/C16H18ClN3O/c1-20-9-11(17)8-15(20)16(21)19-14-4-2-3-10-7-12(18)5-6-13(10)14/h5-9,14H,2-4,18H2,1H3,(H,19,21). The molecule has 3 N–H and O–H groups in total. The quantitative estimate of drug-likeness (QED) is 0.838. The molecule has 1 amide bonds. The highest BCUT2D eigenvalue weighted by atomic mass is 35.5. The third-order valence-electron chi connectivity index (χ3n) is 3.99. The molecule has 1 unspecified atom stereocenters. The number of aromatic nitrogens is 1. The van der Waals surface area contributed by atoms with E-state index in [9.17, 15) is 4.79 Å². The van der Waals surface area contributed by atoms with Crippen LogP contribution in [-0.2, 0) is 13.5 Å². The fourth-order valence-corrected chi connectivity index (χ4v) is 3.22. The number of carbonyl (C=O) groups is 1. The summed E-state index contributed by atoms with van der Waals surface area (Å²) in [5, 5.41) is 3.67. The highest BCUT2D eigenvalue weighted by molar-refractivity contribution is 6.31. The van der Waals surface area contributed by atoms with Gasteiger partial charge in [0.2, 0.25) is 0 Å². The molecule has 0 aliphatic heterocycles. The molecule has 1 atom stereocenters. The van der Waals surface area contributed by atoms with Crippen molar-refractivity contribution in [2.75, 3.05) is 5.73 Å². The van der Waals surface area contributed by atoms with Crippen LogP contribution in [0.4, 0.5) is 5.69 Å². The van der Waals surface area contributed by atoms with Crippen LogP contribution < -0.4 is 11.1 Å². The zero-order chi connectivity index (χ0) is 15.0. The number of anilines is 1. The zero-order valence-electron chi connectivity index (χ0n) is 11.9. The third kappa shape index (κ3) is 2.76. The largest absolute Gasteiger partial charge is 0.399 e.